The van der Waals surface area contributed by atoms with Crippen LogP contribution in [-0.2, 0) is 0 Å². The summed E-state index contributed by atoms with van der Waals surface area (Å²) in [6, 6.07) is 0.644. The Kier molecular flexibility index (Phi) is 5.55. The van der Waals surface area contributed by atoms with Crippen molar-refractivity contribution in [1.29, 1.82) is 0 Å². The normalized spacial score (nSPS) is 22.5. The molecule has 0 aromatic carbocycles. The van der Waals surface area contributed by atoms with E-state index in [1.165, 1.54) is 19.4 Å². The van der Waals surface area contributed by atoms with Gasteiger partial charge in [0.05, 0.1) is 0 Å². The number of rotatable bonds is 4. The molecule has 0 aromatic heterocycles. The summed E-state index contributed by atoms with van der Waals surface area (Å²) < 4.78 is 0. The summed E-state index contributed by atoms with van der Waals surface area (Å²) in [4.78, 5) is 8.96. The summed E-state index contributed by atoms with van der Waals surface area (Å²) in [5.41, 5.74) is 2.67. The maximum absolute atomic E-state index is 5.47. The number of nitrogens with one attached hydrogen (secondary N) is 1. The number of likely N-dealkylation sites (N-methyl/N-ethyl adjacent to an activating group) is 2. The van der Waals surface area contributed by atoms with E-state index in [0.29, 0.717) is 6.04 Å². The van der Waals surface area contributed by atoms with E-state index in [9.17, 15) is 0 Å². The number of hydrogen-bond donors (Lipinski definition) is 2. The van der Waals surface area contributed by atoms with Gasteiger partial charge in [0.2, 0.25) is 5.96 Å². The molecule has 16 heavy (non-hydrogen) atoms. The molecule has 5 nitrogen and oxygen atoms in total. The zero-order valence-corrected chi connectivity index (χ0v) is 10.7. The highest BCUT2D eigenvalue weighted by molar-refractivity contribution is 5.79. The first-order chi connectivity index (χ1) is 7.72. The number of nitrogens with zero attached hydrogens (tertiary/aromatic N) is 3. The van der Waals surface area contributed by atoms with Crippen LogP contribution in [0.1, 0.15) is 26.7 Å². The molecule has 1 atom stereocenters. The summed E-state index contributed by atoms with van der Waals surface area (Å²) in [5, 5.41) is 0. The number of guanidine groups is 1. The van der Waals surface area contributed by atoms with Crippen LogP contribution in [0.3, 0.4) is 0 Å². The van der Waals surface area contributed by atoms with Crippen LogP contribution in [0.4, 0.5) is 0 Å². The van der Waals surface area contributed by atoms with Crippen molar-refractivity contribution in [1.82, 2.24) is 15.2 Å². The van der Waals surface area contributed by atoms with Crippen LogP contribution in [0.25, 0.3) is 0 Å². The zero-order chi connectivity index (χ0) is 12.0. The summed E-state index contributed by atoms with van der Waals surface area (Å²) in [6.45, 7) is 8.35. The van der Waals surface area contributed by atoms with Gasteiger partial charge >= 0.3 is 0 Å². The molecule has 94 valence electrons. The van der Waals surface area contributed by atoms with Crippen molar-refractivity contribution in [2.75, 3.05) is 33.2 Å². The van der Waals surface area contributed by atoms with Crippen LogP contribution in [-0.4, -0.2) is 55.0 Å². The molecule has 0 saturated carbocycles. The van der Waals surface area contributed by atoms with Crippen LogP contribution < -0.4 is 11.3 Å². The van der Waals surface area contributed by atoms with Crippen molar-refractivity contribution in [2.45, 2.75) is 32.7 Å². The minimum atomic E-state index is 0.644. The maximum Gasteiger partial charge on any atom is 0.208 e. The molecule has 0 aromatic rings. The average Bonchev–Trinajstić information content (AvgIpc) is 2.72. The van der Waals surface area contributed by atoms with Crippen LogP contribution >= 0.6 is 0 Å². The predicted octanol–water partition coefficient (Wildman–Crippen LogP) is 0.242. The molecule has 0 spiro atoms. The lowest BCUT2D eigenvalue weighted by atomic mass is 10.2. The van der Waals surface area contributed by atoms with Crippen molar-refractivity contribution >= 4 is 5.96 Å². The monoisotopic (exact) mass is 227 g/mol. The van der Waals surface area contributed by atoms with E-state index >= 15 is 0 Å². The first-order valence-electron chi connectivity index (χ1n) is 6.19. The van der Waals surface area contributed by atoms with Crippen LogP contribution in [0.15, 0.2) is 4.99 Å². The molecule has 1 aliphatic heterocycles. The lowest BCUT2D eigenvalue weighted by molar-refractivity contribution is 0.232. The molecule has 0 bridgehead atoms. The fourth-order valence-corrected chi connectivity index (χ4v) is 2.35. The Morgan fingerprint density at radius 1 is 1.56 bits per heavy atom. The molecule has 1 saturated heterocycles. The number of aliphatic imine (C=N–C) groups is 1. The first kappa shape index (κ1) is 13.3. The Labute approximate surface area is 98.7 Å². The van der Waals surface area contributed by atoms with Crippen LogP contribution in [0.5, 0.6) is 0 Å². The highest BCUT2D eigenvalue weighted by Crippen LogP contribution is 2.17. The van der Waals surface area contributed by atoms with E-state index in [1.807, 2.05) is 14.0 Å². The molecule has 3 N–H and O–H groups in total. The minimum Gasteiger partial charge on any atom is -0.343 e. The van der Waals surface area contributed by atoms with Crippen LogP contribution in [0, 0.1) is 0 Å². The van der Waals surface area contributed by atoms with Crippen molar-refractivity contribution in [3.63, 3.8) is 0 Å². The molecule has 1 aliphatic rings. The van der Waals surface area contributed by atoms with Gasteiger partial charge in [-0.05, 0) is 32.9 Å². The average molecular weight is 227 g/mol. The Morgan fingerprint density at radius 2 is 2.31 bits per heavy atom. The molecule has 1 unspecified atom stereocenters. The number of nitrogens with two attached hydrogens (primary N) is 1. The molecule has 1 heterocycles. The molecular weight excluding hydrogens is 202 g/mol. The third-order valence-corrected chi connectivity index (χ3v) is 3.19. The Morgan fingerprint density at radius 3 is 2.88 bits per heavy atom. The summed E-state index contributed by atoms with van der Waals surface area (Å²) in [7, 11) is 2.04. The second kappa shape index (κ2) is 6.70. The van der Waals surface area contributed by atoms with Gasteiger partial charge in [0.15, 0.2) is 0 Å². The van der Waals surface area contributed by atoms with E-state index < -0.39 is 0 Å². The van der Waals surface area contributed by atoms with Crippen molar-refractivity contribution in [2.24, 2.45) is 10.8 Å². The third-order valence-electron chi connectivity index (χ3n) is 3.19. The van der Waals surface area contributed by atoms with Crippen molar-refractivity contribution < 1.29 is 0 Å². The van der Waals surface area contributed by atoms with Crippen LogP contribution in [0.2, 0.25) is 0 Å². The van der Waals surface area contributed by atoms with Gasteiger partial charge < -0.3 is 4.90 Å². The van der Waals surface area contributed by atoms with E-state index in [4.69, 9.17) is 5.84 Å². The molecule has 0 aliphatic carbocycles. The van der Waals surface area contributed by atoms with Crippen molar-refractivity contribution in [3.05, 3.63) is 0 Å². The highest BCUT2D eigenvalue weighted by Gasteiger charge is 2.24. The van der Waals surface area contributed by atoms with E-state index in [-0.39, 0.29) is 0 Å². The SMILES string of the molecule is CCN=C(NN)N(C)CC1CCCN1CC. The molecule has 1 rings (SSSR count). The van der Waals surface area contributed by atoms with Gasteiger partial charge in [0.1, 0.15) is 0 Å². The van der Waals surface area contributed by atoms with E-state index in [1.54, 1.807) is 0 Å². The summed E-state index contributed by atoms with van der Waals surface area (Å²) in [5.74, 6) is 6.25. The van der Waals surface area contributed by atoms with Gasteiger partial charge in [-0.1, -0.05) is 6.92 Å². The molecular formula is C11H25N5. The topological polar surface area (TPSA) is 56.9 Å². The standard InChI is InChI=1S/C11H25N5/c1-4-13-11(14-12)15(3)9-10-7-6-8-16(10)5-2/h10H,4-9,12H2,1-3H3,(H,13,14). The third kappa shape index (κ3) is 3.35. The maximum atomic E-state index is 5.47. The zero-order valence-electron chi connectivity index (χ0n) is 10.7. The number of hydrazine groups is 1. The smallest absolute Gasteiger partial charge is 0.208 e. The number of hydrogen-bond acceptors (Lipinski definition) is 3. The highest BCUT2D eigenvalue weighted by atomic mass is 15.4. The van der Waals surface area contributed by atoms with Gasteiger partial charge in [-0.25, -0.2) is 5.84 Å². The Bertz CT molecular complexity index is 228. The second-order valence-electron chi connectivity index (χ2n) is 4.25. The second-order valence-corrected chi connectivity index (χ2v) is 4.25. The van der Waals surface area contributed by atoms with Gasteiger partial charge in [-0.2, -0.15) is 0 Å². The molecule has 5 heteroatoms. The molecule has 0 amide bonds. The Balaban J connectivity index is 2.49. The molecule has 1 fully saturated rings. The summed E-state index contributed by atoms with van der Waals surface area (Å²) in [6.07, 6.45) is 2.59. The molecule has 0 radical (unpaired) electrons. The van der Waals surface area contributed by atoms with Gasteiger partial charge in [0, 0.05) is 26.2 Å². The predicted molar refractivity (Wildman–Crippen MR) is 68.2 cm³/mol. The lowest BCUT2D eigenvalue weighted by Crippen LogP contribution is -2.48. The minimum absolute atomic E-state index is 0.644. The largest absolute Gasteiger partial charge is 0.343 e. The first-order valence-corrected chi connectivity index (χ1v) is 6.19. The lowest BCUT2D eigenvalue weighted by Gasteiger charge is -2.29. The van der Waals surface area contributed by atoms with E-state index in [2.05, 4.69) is 27.1 Å². The van der Waals surface area contributed by atoms with Gasteiger partial charge in [-0.3, -0.25) is 15.3 Å². The Hall–Kier alpha value is -0.810. The quantitative estimate of drug-likeness (QED) is 0.313. The van der Waals surface area contributed by atoms with Gasteiger partial charge in [0.25, 0.3) is 0 Å². The summed E-state index contributed by atoms with van der Waals surface area (Å²) >= 11 is 0. The fraction of sp³-hybridized carbons (Fsp3) is 0.909. The fourth-order valence-electron chi connectivity index (χ4n) is 2.35. The van der Waals surface area contributed by atoms with Gasteiger partial charge in [-0.15, -0.1) is 0 Å². The number of likely N-dealkylation sites (tertiary alicyclic amines) is 1. The van der Waals surface area contributed by atoms with E-state index in [0.717, 1.165) is 25.6 Å². The van der Waals surface area contributed by atoms with Crippen molar-refractivity contribution in [3.8, 4) is 0 Å².